The largest absolute Gasteiger partial charge is 0.465 e. The van der Waals surface area contributed by atoms with Crippen LogP contribution in [0.15, 0.2) is 24.3 Å². The van der Waals surface area contributed by atoms with Crippen molar-refractivity contribution >= 4 is 17.7 Å². The molecule has 0 unspecified atom stereocenters. The molecule has 0 aliphatic rings. The zero-order valence-electron chi connectivity index (χ0n) is 17.0. The van der Waals surface area contributed by atoms with Crippen molar-refractivity contribution in [2.24, 2.45) is 0 Å². The monoisotopic (exact) mass is 376 g/mol. The highest BCUT2D eigenvalue weighted by Crippen LogP contribution is 2.14. The van der Waals surface area contributed by atoms with Crippen molar-refractivity contribution in [3.05, 3.63) is 29.8 Å². The SMILES string of the molecule is CCCCCCCCCCc1ccc(NC(=O)CCCN(C)C(=O)O)cc1. The van der Waals surface area contributed by atoms with E-state index in [1.807, 2.05) is 12.1 Å². The summed E-state index contributed by atoms with van der Waals surface area (Å²) < 4.78 is 0. The highest BCUT2D eigenvalue weighted by atomic mass is 16.4. The van der Waals surface area contributed by atoms with Gasteiger partial charge in [0.05, 0.1) is 0 Å². The Kier molecular flexibility index (Phi) is 12.0. The molecule has 0 aromatic heterocycles. The second-order valence-corrected chi connectivity index (χ2v) is 7.28. The van der Waals surface area contributed by atoms with Gasteiger partial charge >= 0.3 is 6.09 Å². The van der Waals surface area contributed by atoms with Gasteiger partial charge in [-0.1, -0.05) is 64.0 Å². The molecule has 5 nitrogen and oxygen atoms in total. The summed E-state index contributed by atoms with van der Waals surface area (Å²) in [7, 11) is 1.51. The predicted molar refractivity (Wildman–Crippen MR) is 111 cm³/mol. The zero-order valence-corrected chi connectivity index (χ0v) is 17.0. The highest BCUT2D eigenvalue weighted by Gasteiger charge is 2.07. The predicted octanol–water partition coefficient (Wildman–Crippen LogP) is 5.70. The van der Waals surface area contributed by atoms with Crippen LogP contribution < -0.4 is 5.32 Å². The average Bonchev–Trinajstić information content (AvgIpc) is 2.65. The van der Waals surface area contributed by atoms with E-state index in [2.05, 4.69) is 24.4 Å². The van der Waals surface area contributed by atoms with E-state index in [-0.39, 0.29) is 5.91 Å². The van der Waals surface area contributed by atoms with E-state index in [1.54, 1.807) is 0 Å². The molecular formula is C22H36N2O3. The topological polar surface area (TPSA) is 69.6 Å². The maximum absolute atomic E-state index is 11.9. The molecule has 0 aliphatic heterocycles. The fraction of sp³-hybridized carbons (Fsp3) is 0.636. The summed E-state index contributed by atoms with van der Waals surface area (Å²) in [5.74, 6) is -0.0791. The maximum atomic E-state index is 11.9. The van der Waals surface area contributed by atoms with Crippen LogP contribution in [0.5, 0.6) is 0 Å². The van der Waals surface area contributed by atoms with Gasteiger partial charge in [-0.25, -0.2) is 4.79 Å². The summed E-state index contributed by atoms with van der Waals surface area (Å²) in [6.45, 7) is 2.61. The lowest BCUT2D eigenvalue weighted by molar-refractivity contribution is -0.116. The standard InChI is InChI=1S/C22H36N2O3/c1-3-4-5-6-7-8-9-10-12-19-14-16-20(17-15-19)23-21(25)13-11-18-24(2)22(26)27/h14-17H,3-13,18H2,1-2H3,(H,23,25)(H,26,27). The summed E-state index contributed by atoms with van der Waals surface area (Å²) in [5, 5.41) is 11.6. The van der Waals surface area contributed by atoms with E-state index in [4.69, 9.17) is 5.11 Å². The molecule has 0 radical (unpaired) electrons. The van der Waals surface area contributed by atoms with E-state index >= 15 is 0 Å². The van der Waals surface area contributed by atoms with Crippen molar-refractivity contribution in [2.75, 3.05) is 18.9 Å². The molecule has 152 valence electrons. The smallest absolute Gasteiger partial charge is 0.407 e. The molecule has 2 amide bonds. The summed E-state index contributed by atoms with van der Waals surface area (Å²) >= 11 is 0. The molecule has 0 bridgehead atoms. The Hall–Kier alpha value is -2.04. The third-order valence-electron chi connectivity index (χ3n) is 4.78. The van der Waals surface area contributed by atoms with E-state index in [1.165, 1.54) is 68.9 Å². The molecule has 27 heavy (non-hydrogen) atoms. The molecule has 0 heterocycles. The maximum Gasteiger partial charge on any atom is 0.407 e. The van der Waals surface area contributed by atoms with E-state index in [0.29, 0.717) is 19.4 Å². The number of rotatable bonds is 14. The van der Waals surface area contributed by atoms with Crippen LogP contribution in [0.2, 0.25) is 0 Å². The molecule has 0 atom stereocenters. The van der Waals surface area contributed by atoms with E-state index in [9.17, 15) is 9.59 Å². The van der Waals surface area contributed by atoms with Gasteiger partial charge in [-0.05, 0) is 37.0 Å². The normalized spacial score (nSPS) is 10.6. The Bertz CT molecular complexity index is 543. The number of carbonyl (C=O) groups excluding carboxylic acids is 1. The first kappa shape index (κ1) is 23.0. The molecule has 0 fully saturated rings. The van der Waals surface area contributed by atoms with Gasteiger partial charge in [-0.15, -0.1) is 0 Å². The number of unbranched alkanes of at least 4 members (excludes halogenated alkanes) is 7. The molecule has 0 aliphatic carbocycles. The van der Waals surface area contributed by atoms with Gasteiger partial charge in [-0.2, -0.15) is 0 Å². The van der Waals surface area contributed by atoms with Gasteiger partial charge < -0.3 is 15.3 Å². The molecule has 5 heteroatoms. The minimum atomic E-state index is -0.970. The Balaban J connectivity index is 2.16. The third kappa shape index (κ3) is 11.3. The van der Waals surface area contributed by atoms with Crippen molar-refractivity contribution in [1.29, 1.82) is 0 Å². The molecule has 1 aromatic carbocycles. The van der Waals surface area contributed by atoms with Crippen LogP contribution in [0.25, 0.3) is 0 Å². The van der Waals surface area contributed by atoms with Crippen molar-refractivity contribution in [3.63, 3.8) is 0 Å². The second-order valence-electron chi connectivity index (χ2n) is 7.28. The minimum absolute atomic E-state index is 0.0791. The lowest BCUT2D eigenvalue weighted by Crippen LogP contribution is -2.26. The quantitative estimate of drug-likeness (QED) is 0.409. The molecule has 0 spiro atoms. The van der Waals surface area contributed by atoms with Gasteiger partial charge in [0.15, 0.2) is 0 Å². The van der Waals surface area contributed by atoms with Gasteiger partial charge in [0.2, 0.25) is 5.91 Å². The van der Waals surface area contributed by atoms with Crippen LogP contribution in [0, 0.1) is 0 Å². The lowest BCUT2D eigenvalue weighted by Gasteiger charge is -2.12. The number of nitrogens with zero attached hydrogens (tertiary/aromatic N) is 1. The fourth-order valence-corrected chi connectivity index (χ4v) is 3.01. The molecule has 1 rings (SSSR count). The van der Waals surface area contributed by atoms with Crippen molar-refractivity contribution in [2.45, 2.75) is 77.6 Å². The van der Waals surface area contributed by atoms with Crippen molar-refractivity contribution in [3.8, 4) is 0 Å². The molecule has 0 saturated heterocycles. The summed E-state index contributed by atoms with van der Waals surface area (Å²) in [4.78, 5) is 23.8. The Morgan fingerprint density at radius 3 is 2.11 bits per heavy atom. The first-order valence-corrected chi connectivity index (χ1v) is 10.4. The van der Waals surface area contributed by atoms with Crippen LogP contribution in [-0.2, 0) is 11.2 Å². The summed E-state index contributed by atoms with van der Waals surface area (Å²) in [6, 6.07) is 8.05. The third-order valence-corrected chi connectivity index (χ3v) is 4.78. The van der Waals surface area contributed by atoms with Gasteiger partial charge in [-0.3, -0.25) is 4.79 Å². The number of nitrogens with one attached hydrogen (secondary N) is 1. The summed E-state index contributed by atoms with van der Waals surface area (Å²) in [6.07, 6.45) is 11.6. The molecular weight excluding hydrogens is 340 g/mol. The number of carbonyl (C=O) groups is 2. The number of carboxylic acid groups (broad SMARTS) is 1. The van der Waals surface area contributed by atoms with Gasteiger partial charge in [0, 0.05) is 25.7 Å². The van der Waals surface area contributed by atoms with Crippen molar-refractivity contribution in [1.82, 2.24) is 4.90 Å². The zero-order chi connectivity index (χ0) is 19.9. The Labute approximate surface area is 164 Å². The van der Waals surface area contributed by atoms with Gasteiger partial charge in [0.1, 0.15) is 0 Å². The second kappa shape index (κ2) is 14.1. The number of hydrogen-bond acceptors (Lipinski definition) is 2. The first-order chi connectivity index (χ1) is 13.0. The number of aryl methyl sites for hydroxylation is 1. The molecule has 0 saturated carbocycles. The van der Waals surface area contributed by atoms with Crippen molar-refractivity contribution < 1.29 is 14.7 Å². The van der Waals surface area contributed by atoms with Gasteiger partial charge in [0.25, 0.3) is 0 Å². The molecule has 2 N–H and O–H groups in total. The van der Waals surface area contributed by atoms with E-state index in [0.717, 1.165) is 12.1 Å². The van der Waals surface area contributed by atoms with Crippen LogP contribution >= 0.6 is 0 Å². The fourth-order valence-electron chi connectivity index (χ4n) is 3.01. The Morgan fingerprint density at radius 2 is 1.52 bits per heavy atom. The Morgan fingerprint density at radius 1 is 0.926 bits per heavy atom. The molecule has 1 aromatic rings. The number of benzene rings is 1. The van der Waals surface area contributed by atoms with Crippen LogP contribution in [0.1, 0.15) is 76.7 Å². The number of hydrogen-bond donors (Lipinski definition) is 2. The van der Waals surface area contributed by atoms with E-state index < -0.39 is 6.09 Å². The average molecular weight is 377 g/mol. The first-order valence-electron chi connectivity index (χ1n) is 10.4. The van der Waals surface area contributed by atoms with Crippen LogP contribution in [-0.4, -0.2) is 35.6 Å². The highest BCUT2D eigenvalue weighted by molar-refractivity contribution is 5.90. The minimum Gasteiger partial charge on any atom is -0.465 e. The summed E-state index contributed by atoms with van der Waals surface area (Å²) in [5.41, 5.74) is 2.10. The number of amides is 2. The van der Waals surface area contributed by atoms with Crippen LogP contribution in [0.3, 0.4) is 0 Å². The lowest BCUT2D eigenvalue weighted by atomic mass is 10.0. The number of anilines is 1. The van der Waals surface area contributed by atoms with Crippen LogP contribution in [0.4, 0.5) is 10.5 Å².